The Labute approximate surface area is 152 Å². The zero-order chi connectivity index (χ0) is 17.1. The molecule has 0 aliphatic rings. The zero-order valence-corrected chi connectivity index (χ0v) is 15.0. The molecule has 23 heavy (non-hydrogen) atoms. The molecule has 6 nitrogen and oxygen atoms in total. The Morgan fingerprint density at radius 3 is 2.30 bits per heavy atom. The molecule has 0 aliphatic carbocycles. The smallest absolute Gasteiger partial charge is 0.547 e. The Hall–Kier alpha value is -1.32. The molecule has 122 valence electrons. The number of ether oxygens (including phenoxy) is 1. The first kappa shape index (κ1) is 21.7. The largest absolute Gasteiger partial charge is 1.00 e. The van der Waals surface area contributed by atoms with Gasteiger partial charge in [-0.15, -0.1) is 0 Å². The number of carboxylic acids is 1. The van der Waals surface area contributed by atoms with E-state index in [1.165, 1.54) is 0 Å². The molecule has 1 aromatic heterocycles. The van der Waals surface area contributed by atoms with Gasteiger partial charge in [-0.3, -0.25) is 4.98 Å². The van der Waals surface area contributed by atoms with E-state index in [0.29, 0.717) is 12.1 Å². The van der Waals surface area contributed by atoms with E-state index in [1.807, 2.05) is 5.32 Å². The summed E-state index contributed by atoms with van der Waals surface area (Å²) in [5.74, 6) is -1.81. The molecule has 1 atom stereocenters. The third kappa shape index (κ3) is 7.19. The van der Waals surface area contributed by atoms with Gasteiger partial charge in [0.05, 0.1) is 17.2 Å². The van der Waals surface area contributed by atoms with Gasteiger partial charge in [0.25, 0.3) is 0 Å². The average Bonchev–Trinajstić information content (AvgIpc) is 2.32. The molecule has 0 fully saturated rings. The van der Waals surface area contributed by atoms with E-state index in [2.05, 4.69) is 4.98 Å². The van der Waals surface area contributed by atoms with Crippen LogP contribution in [-0.2, 0) is 15.7 Å². The van der Waals surface area contributed by atoms with Crippen molar-refractivity contribution in [2.45, 2.75) is 38.6 Å². The minimum Gasteiger partial charge on any atom is -0.547 e. The molecule has 1 aromatic rings. The van der Waals surface area contributed by atoms with E-state index in [4.69, 9.17) is 4.74 Å². The van der Waals surface area contributed by atoms with Crippen LogP contribution in [-0.4, -0.2) is 22.6 Å². The van der Waals surface area contributed by atoms with Crippen molar-refractivity contribution >= 4 is 12.1 Å². The number of nitrogens with one attached hydrogen (secondary N) is 1. The molecule has 1 unspecified atom stereocenters. The fourth-order valence-electron chi connectivity index (χ4n) is 1.46. The molecule has 0 saturated heterocycles. The van der Waals surface area contributed by atoms with Crippen molar-refractivity contribution in [2.24, 2.45) is 0 Å². The predicted molar refractivity (Wildman–Crippen MR) is 66.4 cm³/mol. The number of aliphatic carboxylic acids is 1. The summed E-state index contributed by atoms with van der Waals surface area (Å²) in [6, 6.07) is -0.654. The van der Waals surface area contributed by atoms with Crippen LogP contribution in [0, 0.1) is 0 Å². The second kappa shape index (κ2) is 7.98. The van der Waals surface area contributed by atoms with Gasteiger partial charge < -0.3 is 20.0 Å². The summed E-state index contributed by atoms with van der Waals surface area (Å²) in [6.45, 7) is 4.63. The molecule has 10 heteroatoms. The maximum Gasteiger partial charge on any atom is 1.00 e. The monoisotopic (exact) mass is 342 g/mol. The number of carbonyl (C=O) groups is 2. The van der Waals surface area contributed by atoms with Gasteiger partial charge in [0.15, 0.2) is 0 Å². The minimum atomic E-state index is -4.67. The molecule has 0 radical (unpaired) electrons. The van der Waals surface area contributed by atoms with Crippen molar-refractivity contribution in [3.8, 4) is 0 Å². The number of halogens is 3. The van der Waals surface area contributed by atoms with Crippen LogP contribution >= 0.6 is 0 Å². The second-order valence-electron chi connectivity index (χ2n) is 5.37. The van der Waals surface area contributed by atoms with Crippen molar-refractivity contribution in [1.29, 1.82) is 0 Å². The molecule has 0 aliphatic heterocycles. The van der Waals surface area contributed by atoms with Crippen LogP contribution in [0.4, 0.5) is 18.0 Å². The molecule has 1 amide bonds. The molecule has 1 N–H and O–H groups in total. The summed E-state index contributed by atoms with van der Waals surface area (Å²) in [5.41, 5.74) is -2.50. The number of hydrogen-bond acceptors (Lipinski definition) is 5. The van der Waals surface area contributed by atoms with Gasteiger partial charge in [-0.2, -0.15) is 13.2 Å². The van der Waals surface area contributed by atoms with Gasteiger partial charge in [-0.05, 0) is 32.9 Å². The SMILES string of the molecule is CC(C)(C)OC(=O)NC(C(=O)[O-])c1cc(C(F)(F)F)ccn1.[Na+]. The number of rotatable bonds is 3. The first-order valence-electron chi connectivity index (χ1n) is 6.13. The molecule has 0 spiro atoms. The molecule has 1 heterocycles. The fourth-order valence-corrected chi connectivity index (χ4v) is 1.46. The third-order valence-electron chi connectivity index (χ3n) is 2.30. The maximum atomic E-state index is 12.6. The van der Waals surface area contributed by atoms with Gasteiger partial charge in [0.2, 0.25) is 0 Å². The first-order chi connectivity index (χ1) is 9.90. The maximum absolute atomic E-state index is 12.6. The van der Waals surface area contributed by atoms with Gasteiger partial charge in [0, 0.05) is 6.20 Å². The van der Waals surface area contributed by atoms with Crippen LogP contribution in [0.15, 0.2) is 18.3 Å². The molecular weight excluding hydrogens is 328 g/mol. The van der Waals surface area contributed by atoms with Gasteiger partial charge in [0.1, 0.15) is 11.6 Å². The number of amides is 1. The Bertz CT molecular complexity index is 573. The summed E-state index contributed by atoms with van der Waals surface area (Å²) < 4.78 is 42.7. The third-order valence-corrected chi connectivity index (χ3v) is 2.30. The van der Waals surface area contributed by atoms with E-state index in [-0.39, 0.29) is 29.6 Å². The average molecular weight is 342 g/mol. The molecule has 1 rings (SSSR count). The van der Waals surface area contributed by atoms with E-state index >= 15 is 0 Å². The van der Waals surface area contributed by atoms with Gasteiger partial charge in [-0.1, -0.05) is 0 Å². The zero-order valence-electron chi connectivity index (χ0n) is 13.0. The number of alkyl halides is 3. The van der Waals surface area contributed by atoms with Crippen molar-refractivity contribution in [3.63, 3.8) is 0 Å². The molecular formula is C13H14F3N2NaO4. The number of pyridine rings is 1. The number of carboxylic acid groups (broad SMARTS) is 1. The van der Waals surface area contributed by atoms with Crippen LogP contribution in [0.25, 0.3) is 0 Å². The quantitative estimate of drug-likeness (QED) is 0.670. The first-order valence-corrected chi connectivity index (χ1v) is 6.13. The van der Waals surface area contributed by atoms with Crippen molar-refractivity contribution in [2.75, 3.05) is 0 Å². The van der Waals surface area contributed by atoms with E-state index in [9.17, 15) is 27.9 Å². The van der Waals surface area contributed by atoms with Crippen molar-refractivity contribution in [1.82, 2.24) is 10.3 Å². The van der Waals surface area contributed by atoms with Crippen LogP contribution in [0.1, 0.15) is 38.1 Å². The summed E-state index contributed by atoms with van der Waals surface area (Å²) in [7, 11) is 0. The summed E-state index contributed by atoms with van der Waals surface area (Å²) in [4.78, 5) is 26.1. The van der Waals surface area contributed by atoms with Crippen LogP contribution in [0.5, 0.6) is 0 Å². The van der Waals surface area contributed by atoms with Crippen molar-refractivity contribution < 1.29 is 62.2 Å². The van der Waals surface area contributed by atoms with Crippen LogP contribution < -0.4 is 40.0 Å². The Morgan fingerprint density at radius 1 is 1.30 bits per heavy atom. The Morgan fingerprint density at radius 2 is 1.87 bits per heavy atom. The minimum absolute atomic E-state index is 0. The Balaban J connectivity index is 0.00000484. The number of aromatic nitrogens is 1. The standard InChI is InChI=1S/C13H15F3N2O4.Na/c1-12(2,3)22-11(21)18-9(10(19)20)8-6-7(4-5-17-8)13(14,15)16;/h4-6,9H,1-3H3,(H,18,21)(H,19,20);/q;+1/p-1. The Kier molecular flexibility index (Phi) is 7.52. The van der Waals surface area contributed by atoms with E-state index in [0.717, 1.165) is 6.20 Å². The molecule has 0 bridgehead atoms. The second-order valence-corrected chi connectivity index (χ2v) is 5.37. The summed E-state index contributed by atoms with van der Waals surface area (Å²) in [5, 5.41) is 13.0. The number of hydrogen-bond donors (Lipinski definition) is 1. The summed E-state index contributed by atoms with van der Waals surface area (Å²) >= 11 is 0. The van der Waals surface area contributed by atoms with E-state index in [1.54, 1.807) is 20.8 Å². The topological polar surface area (TPSA) is 91.3 Å². The van der Waals surface area contributed by atoms with Gasteiger partial charge >= 0.3 is 41.8 Å². The summed E-state index contributed by atoms with van der Waals surface area (Å²) in [6.07, 6.45) is -4.98. The van der Waals surface area contributed by atoms with Gasteiger partial charge in [-0.25, -0.2) is 4.79 Å². The van der Waals surface area contributed by atoms with Crippen LogP contribution in [0.3, 0.4) is 0 Å². The number of alkyl carbamates (subject to hydrolysis) is 1. The number of nitrogens with zero attached hydrogens (tertiary/aromatic N) is 1. The predicted octanol–water partition coefficient (Wildman–Crippen LogP) is -1.58. The molecule has 0 saturated carbocycles. The van der Waals surface area contributed by atoms with Crippen molar-refractivity contribution in [3.05, 3.63) is 29.6 Å². The van der Waals surface area contributed by atoms with E-state index < -0.39 is 41.1 Å². The molecule has 0 aromatic carbocycles. The fraction of sp³-hybridized carbons (Fsp3) is 0.462. The van der Waals surface area contributed by atoms with Crippen LogP contribution in [0.2, 0.25) is 0 Å². The normalized spacial score (nSPS) is 12.8. The number of carbonyl (C=O) groups excluding carboxylic acids is 2.